The topological polar surface area (TPSA) is 421 Å². The summed E-state index contributed by atoms with van der Waals surface area (Å²) < 4.78 is 5.95. The summed E-state index contributed by atoms with van der Waals surface area (Å²) in [5, 5.41) is 36.9. The number of ether oxygens (including phenoxy) is 1. The molecular formula is C63H93N15O13. The molecule has 3 aliphatic heterocycles. The van der Waals surface area contributed by atoms with Crippen LogP contribution in [-0.4, -0.2) is 193 Å². The van der Waals surface area contributed by atoms with E-state index in [1.165, 1.54) is 27.2 Å². The summed E-state index contributed by atoms with van der Waals surface area (Å²) in [6.07, 6.45) is 6.93. The van der Waals surface area contributed by atoms with Gasteiger partial charge in [0.15, 0.2) is 5.96 Å². The van der Waals surface area contributed by atoms with Crippen LogP contribution in [0, 0.1) is 11.8 Å². The van der Waals surface area contributed by atoms with E-state index < -0.39 is 126 Å². The fourth-order valence-corrected chi connectivity index (χ4v) is 11.5. The maximum absolute atomic E-state index is 14.7. The number of H-pyrrole nitrogens is 1. The van der Waals surface area contributed by atoms with Gasteiger partial charge in [0.2, 0.25) is 53.2 Å². The average Bonchev–Trinajstić information content (AvgIpc) is 1.91. The molecule has 4 heterocycles. The minimum atomic E-state index is -1.72. The van der Waals surface area contributed by atoms with Gasteiger partial charge in [-0.15, -0.1) is 0 Å². The Labute approximate surface area is 530 Å². The van der Waals surface area contributed by atoms with Crippen LogP contribution >= 0.6 is 0 Å². The van der Waals surface area contributed by atoms with E-state index in [2.05, 4.69) is 46.9 Å². The Morgan fingerprint density at radius 2 is 1.21 bits per heavy atom. The first-order chi connectivity index (χ1) is 43.5. The van der Waals surface area contributed by atoms with E-state index in [9.17, 15) is 58.2 Å². The summed E-state index contributed by atoms with van der Waals surface area (Å²) in [7, 11) is 0. The van der Waals surface area contributed by atoms with Crippen molar-refractivity contribution in [1.82, 2.24) is 56.6 Å². The van der Waals surface area contributed by atoms with E-state index in [4.69, 9.17) is 21.9 Å². The molecule has 0 saturated carbocycles. The number of imidazole rings is 1. The van der Waals surface area contributed by atoms with Gasteiger partial charge in [0.1, 0.15) is 66.7 Å². The van der Waals surface area contributed by atoms with Crippen molar-refractivity contribution in [2.75, 3.05) is 32.8 Å². The summed E-state index contributed by atoms with van der Waals surface area (Å²) in [5.74, 6) is -7.91. The van der Waals surface area contributed by atoms with E-state index >= 15 is 0 Å². The van der Waals surface area contributed by atoms with Crippen LogP contribution in [0.2, 0.25) is 0 Å². The molecule has 6 rings (SSSR count). The average molecular weight is 1270 g/mol. The zero-order valence-corrected chi connectivity index (χ0v) is 52.8. The number of nitrogens with zero attached hydrogens (tertiary/aromatic N) is 5. The number of aliphatic carboxylic acids is 1. The number of aliphatic hydroxyl groups excluding tert-OH is 1. The Kier molecular flexibility index (Phi) is 27.5. The highest BCUT2D eigenvalue weighted by molar-refractivity contribution is 5.99. The minimum Gasteiger partial charge on any atom is -0.489 e. The summed E-state index contributed by atoms with van der Waals surface area (Å²) >= 11 is 0. The Morgan fingerprint density at radius 1 is 0.648 bits per heavy atom. The fourth-order valence-electron chi connectivity index (χ4n) is 11.5. The number of aromatic nitrogens is 2. The van der Waals surface area contributed by atoms with Gasteiger partial charge in [0, 0.05) is 50.9 Å². The van der Waals surface area contributed by atoms with Crippen molar-refractivity contribution >= 4 is 65.1 Å². The molecule has 1 aromatic heterocycles. The molecule has 91 heavy (non-hydrogen) atoms. The van der Waals surface area contributed by atoms with Crippen molar-refractivity contribution < 1.29 is 62.9 Å². The predicted octanol–water partition coefficient (Wildman–Crippen LogP) is 0.00580. The second kappa shape index (κ2) is 35.1. The summed E-state index contributed by atoms with van der Waals surface area (Å²) in [4.78, 5) is 155. The van der Waals surface area contributed by atoms with Crippen LogP contribution in [0.1, 0.15) is 128 Å². The highest BCUT2D eigenvalue weighted by Gasteiger charge is 2.44. The first kappa shape index (κ1) is 71.4. The van der Waals surface area contributed by atoms with Gasteiger partial charge in [-0.2, -0.15) is 0 Å². The van der Waals surface area contributed by atoms with Gasteiger partial charge in [-0.25, -0.2) is 9.78 Å². The second-order valence-electron chi connectivity index (χ2n) is 24.4. The molecule has 0 unspecified atom stereocenters. The monoisotopic (exact) mass is 1270 g/mol. The van der Waals surface area contributed by atoms with E-state index in [0.717, 1.165) is 18.4 Å². The number of amides is 9. The molecular weight excluding hydrogens is 1170 g/mol. The van der Waals surface area contributed by atoms with Crippen LogP contribution in [0.3, 0.4) is 0 Å². The van der Waals surface area contributed by atoms with Crippen molar-refractivity contribution in [3.8, 4) is 5.75 Å². The van der Waals surface area contributed by atoms with Gasteiger partial charge in [0.05, 0.1) is 19.0 Å². The molecule has 28 nitrogen and oxygen atoms in total. The zero-order chi connectivity index (χ0) is 66.3. The molecule has 0 spiro atoms. The maximum Gasteiger partial charge on any atom is 0.326 e. The molecule has 9 amide bonds. The number of aromatic amines is 1. The number of rotatable bonds is 34. The van der Waals surface area contributed by atoms with Crippen LogP contribution in [0.4, 0.5) is 0 Å². The Bertz CT molecular complexity index is 2960. The third-order valence-corrected chi connectivity index (χ3v) is 16.5. The first-order valence-corrected chi connectivity index (χ1v) is 31.6. The van der Waals surface area contributed by atoms with Crippen molar-refractivity contribution in [2.24, 2.45) is 34.0 Å². The number of likely N-dealkylation sites (tertiary alicyclic amines) is 3. The molecule has 2 aromatic carbocycles. The molecule has 0 aliphatic carbocycles. The number of aliphatic hydroxyl groups is 1. The molecule has 0 bridgehead atoms. The standard InChI is InChI=1S/C63H93N15O13/c1-6-7-17-43(64)59(86)76-27-12-19-49(76)57(84)72-45(30-37(2)3)54(81)71-46(32-41-33-67-36-69-41)55(82)74-48(34-79)56(83)70-44(18-11-26-68-63(65)66)53(80)75-52(38(4)5)61(88)77-28-13-20-50(77)58(85)73-47(60(87)78-29-14-21-51(78)62(89)90)31-39-22-24-42(25-23-39)91-35-40-15-9-8-10-16-40/h8-10,15-16,22-25,33,36-38,43-52,79H,6-7,11-14,17-21,26-32,34-35,64H2,1-5H3,(H,67,69)(H,70,83)(H,71,81)(H,72,84)(H,73,85)(H,74,82)(H,75,80)(H,89,90)(H4,65,66,68)/t43-,44-,45-,46-,47-,48-,49-,50-,51-,52-/m0/s1. The number of carbonyl (C=O) groups is 10. The van der Waals surface area contributed by atoms with E-state index in [0.29, 0.717) is 62.3 Å². The lowest BCUT2D eigenvalue weighted by atomic mass is 10.00. The molecule has 3 aliphatic rings. The number of aliphatic imine (C=N–C) groups is 1. The largest absolute Gasteiger partial charge is 0.489 e. The zero-order valence-electron chi connectivity index (χ0n) is 52.8. The number of carboxylic acid groups (broad SMARTS) is 1. The van der Waals surface area contributed by atoms with Crippen LogP contribution in [0.15, 0.2) is 72.1 Å². The van der Waals surface area contributed by atoms with Gasteiger partial charge >= 0.3 is 5.97 Å². The number of guanidine groups is 1. The van der Waals surface area contributed by atoms with Gasteiger partial charge in [-0.3, -0.25) is 48.1 Å². The number of unbranched alkanes of at least 4 members (excludes halogenated alkanes) is 1. The molecule has 0 radical (unpaired) electrons. The number of nitrogens with one attached hydrogen (secondary N) is 7. The van der Waals surface area contributed by atoms with Crippen LogP contribution < -0.4 is 53.8 Å². The van der Waals surface area contributed by atoms with Crippen LogP contribution in [0.25, 0.3) is 0 Å². The van der Waals surface area contributed by atoms with Crippen molar-refractivity contribution in [3.05, 3.63) is 83.9 Å². The van der Waals surface area contributed by atoms with Crippen molar-refractivity contribution in [2.45, 2.75) is 192 Å². The van der Waals surface area contributed by atoms with Gasteiger partial charge in [-0.05, 0) is 99.3 Å². The Morgan fingerprint density at radius 3 is 1.78 bits per heavy atom. The van der Waals surface area contributed by atoms with Crippen molar-refractivity contribution in [3.63, 3.8) is 0 Å². The Hall–Kier alpha value is -8.66. The highest BCUT2D eigenvalue weighted by Crippen LogP contribution is 2.25. The van der Waals surface area contributed by atoms with E-state index in [1.54, 1.807) is 38.1 Å². The van der Waals surface area contributed by atoms with Gasteiger partial charge < -0.3 is 83.7 Å². The maximum atomic E-state index is 14.7. The highest BCUT2D eigenvalue weighted by atomic mass is 16.5. The van der Waals surface area contributed by atoms with Crippen LogP contribution in [0.5, 0.6) is 5.75 Å². The number of carboxylic acids is 1. The van der Waals surface area contributed by atoms with Gasteiger partial charge in [-0.1, -0.05) is 89.9 Å². The number of hydrogen-bond acceptors (Lipinski definition) is 15. The lowest BCUT2D eigenvalue weighted by Crippen LogP contribution is -2.61. The second-order valence-corrected chi connectivity index (χ2v) is 24.4. The summed E-state index contributed by atoms with van der Waals surface area (Å²) in [5.41, 5.74) is 19.4. The normalized spacial score (nSPS) is 18.6. The Balaban J connectivity index is 1.15. The molecule has 3 saturated heterocycles. The van der Waals surface area contributed by atoms with Crippen molar-refractivity contribution in [1.29, 1.82) is 0 Å². The third kappa shape index (κ3) is 20.9. The SMILES string of the molecule is CCCC[C@H](N)C(=O)N1CCC[C@H]1C(=O)N[C@@H](CC(C)C)C(=O)N[C@@H](Cc1cnc[nH]1)C(=O)N[C@@H](CO)C(=O)N[C@@H](CCCN=C(N)N)C(=O)N[C@H](C(=O)N1CCC[C@H]1C(=O)N[C@@H](Cc1ccc(OCc2ccccc2)cc1)C(=O)N1CCC[C@H]1C(=O)O)C(C)C. The first-order valence-electron chi connectivity index (χ1n) is 31.6. The smallest absolute Gasteiger partial charge is 0.326 e. The number of benzene rings is 2. The molecule has 15 N–H and O–H groups in total. The van der Waals surface area contributed by atoms with E-state index in [1.807, 2.05) is 51.1 Å². The van der Waals surface area contributed by atoms with Crippen LogP contribution in [-0.2, 0) is 67.4 Å². The minimum absolute atomic E-state index is 0.0158. The predicted molar refractivity (Wildman–Crippen MR) is 335 cm³/mol. The molecule has 28 heteroatoms. The molecule has 3 fully saturated rings. The number of nitrogens with two attached hydrogens (primary N) is 3. The molecule has 10 atom stereocenters. The summed E-state index contributed by atoms with van der Waals surface area (Å²) in [6.45, 7) is 8.97. The lowest BCUT2D eigenvalue weighted by molar-refractivity contribution is -0.150. The summed E-state index contributed by atoms with van der Waals surface area (Å²) in [6, 6.07) is 4.44. The number of hydrogen-bond donors (Lipinski definition) is 12. The third-order valence-electron chi connectivity index (χ3n) is 16.5. The van der Waals surface area contributed by atoms with E-state index in [-0.39, 0.29) is 82.4 Å². The lowest BCUT2D eigenvalue weighted by Gasteiger charge is -2.33. The quantitative estimate of drug-likeness (QED) is 0.0213. The fraction of sp³-hybridized carbons (Fsp3) is 0.587. The van der Waals surface area contributed by atoms with Gasteiger partial charge in [0.25, 0.3) is 0 Å². The molecule has 3 aromatic rings. The molecule has 498 valence electrons. The number of carbonyl (C=O) groups excluding carboxylic acids is 9.